The van der Waals surface area contributed by atoms with Gasteiger partial charge in [0.15, 0.2) is 0 Å². The number of hydrogen-bond acceptors (Lipinski definition) is 3. The van der Waals surface area contributed by atoms with Crippen molar-refractivity contribution in [3.63, 3.8) is 0 Å². The summed E-state index contributed by atoms with van der Waals surface area (Å²) in [6.07, 6.45) is 2.06. The standard InChI is InChI=1S/C17H26N2O2/c1-4-10-18-16-9-7-6-8-15(16)17(20)19-11-13(3)21-12-14(19)5-2/h6-9,13-14,18H,4-5,10-12H2,1-3H3. The third kappa shape index (κ3) is 3.76. The molecular weight excluding hydrogens is 264 g/mol. The highest BCUT2D eigenvalue weighted by atomic mass is 16.5. The lowest BCUT2D eigenvalue weighted by atomic mass is 10.1. The number of nitrogens with zero attached hydrogens (tertiary/aromatic N) is 1. The van der Waals surface area contributed by atoms with E-state index in [2.05, 4.69) is 19.2 Å². The van der Waals surface area contributed by atoms with Gasteiger partial charge in [-0.15, -0.1) is 0 Å². The molecule has 1 fully saturated rings. The molecule has 0 bridgehead atoms. The first-order valence-corrected chi connectivity index (χ1v) is 7.92. The first-order chi connectivity index (χ1) is 10.2. The second-order valence-corrected chi connectivity index (χ2v) is 5.64. The van der Waals surface area contributed by atoms with Crippen molar-refractivity contribution in [2.45, 2.75) is 45.8 Å². The van der Waals surface area contributed by atoms with E-state index in [0.29, 0.717) is 13.2 Å². The molecule has 0 spiro atoms. The summed E-state index contributed by atoms with van der Waals surface area (Å²) in [7, 11) is 0. The molecule has 21 heavy (non-hydrogen) atoms. The zero-order valence-electron chi connectivity index (χ0n) is 13.3. The minimum atomic E-state index is 0.104. The lowest BCUT2D eigenvalue weighted by molar-refractivity contribution is -0.0443. The lowest BCUT2D eigenvalue weighted by Crippen LogP contribution is -2.51. The molecule has 1 amide bonds. The van der Waals surface area contributed by atoms with Gasteiger partial charge in [-0.3, -0.25) is 4.79 Å². The Morgan fingerprint density at radius 3 is 2.86 bits per heavy atom. The number of rotatable bonds is 5. The van der Waals surface area contributed by atoms with Crippen LogP contribution < -0.4 is 5.32 Å². The minimum Gasteiger partial charge on any atom is -0.384 e. The molecule has 2 unspecified atom stereocenters. The Labute approximate surface area is 127 Å². The minimum absolute atomic E-state index is 0.104. The molecule has 0 aromatic heterocycles. The molecule has 1 heterocycles. The summed E-state index contributed by atoms with van der Waals surface area (Å²) in [5.74, 6) is 0.108. The van der Waals surface area contributed by atoms with Crippen LogP contribution in [0.25, 0.3) is 0 Å². The fourth-order valence-corrected chi connectivity index (χ4v) is 2.67. The molecule has 0 radical (unpaired) electrons. The number of ether oxygens (including phenoxy) is 1. The quantitative estimate of drug-likeness (QED) is 0.905. The van der Waals surface area contributed by atoms with Crippen molar-refractivity contribution in [1.29, 1.82) is 0 Å². The van der Waals surface area contributed by atoms with Crippen LogP contribution in [0, 0.1) is 0 Å². The SMILES string of the molecule is CCCNc1ccccc1C(=O)N1CC(C)OCC1CC. The first-order valence-electron chi connectivity index (χ1n) is 7.92. The van der Waals surface area contributed by atoms with Crippen LogP contribution in [0.15, 0.2) is 24.3 Å². The number of amides is 1. The molecule has 4 heteroatoms. The van der Waals surface area contributed by atoms with Crippen LogP contribution in [0.5, 0.6) is 0 Å². The van der Waals surface area contributed by atoms with Gasteiger partial charge in [0.25, 0.3) is 5.91 Å². The Morgan fingerprint density at radius 1 is 1.38 bits per heavy atom. The molecule has 0 saturated carbocycles. The van der Waals surface area contributed by atoms with Crippen molar-refractivity contribution in [1.82, 2.24) is 4.90 Å². The van der Waals surface area contributed by atoms with Gasteiger partial charge in [-0.1, -0.05) is 26.0 Å². The zero-order chi connectivity index (χ0) is 15.2. The molecule has 1 saturated heterocycles. The van der Waals surface area contributed by atoms with Crippen molar-refractivity contribution in [2.24, 2.45) is 0 Å². The largest absolute Gasteiger partial charge is 0.384 e. The molecule has 1 aliphatic heterocycles. The maximum absolute atomic E-state index is 12.9. The summed E-state index contributed by atoms with van der Waals surface area (Å²) in [5.41, 5.74) is 1.69. The van der Waals surface area contributed by atoms with E-state index in [1.807, 2.05) is 36.1 Å². The highest BCUT2D eigenvalue weighted by molar-refractivity contribution is 5.99. The molecule has 1 aromatic rings. The van der Waals surface area contributed by atoms with Crippen molar-refractivity contribution in [3.05, 3.63) is 29.8 Å². The fraction of sp³-hybridized carbons (Fsp3) is 0.588. The Kier molecular flexibility index (Phi) is 5.62. The molecule has 116 valence electrons. The van der Waals surface area contributed by atoms with Crippen molar-refractivity contribution >= 4 is 11.6 Å². The predicted octanol–water partition coefficient (Wildman–Crippen LogP) is 3.15. The van der Waals surface area contributed by atoms with E-state index >= 15 is 0 Å². The summed E-state index contributed by atoms with van der Waals surface area (Å²) in [6.45, 7) is 8.42. The molecule has 0 aliphatic carbocycles. The second kappa shape index (κ2) is 7.46. The van der Waals surface area contributed by atoms with Crippen molar-refractivity contribution in [2.75, 3.05) is 25.0 Å². The molecule has 2 atom stereocenters. The van der Waals surface area contributed by atoms with E-state index in [-0.39, 0.29) is 18.1 Å². The fourth-order valence-electron chi connectivity index (χ4n) is 2.67. The third-order valence-electron chi connectivity index (χ3n) is 3.92. The normalized spacial score (nSPS) is 22.1. The number of benzene rings is 1. The van der Waals surface area contributed by atoms with Gasteiger partial charge in [-0.2, -0.15) is 0 Å². The molecular formula is C17H26N2O2. The first kappa shape index (κ1) is 15.8. The summed E-state index contributed by atoms with van der Waals surface area (Å²) < 4.78 is 5.68. The zero-order valence-corrected chi connectivity index (χ0v) is 13.3. The summed E-state index contributed by atoms with van der Waals surface area (Å²) in [5, 5.41) is 3.35. The summed E-state index contributed by atoms with van der Waals surface area (Å²) in [4.78, 5) is 14.9. The number of hydrogen-bond donors (Lipinski definition) is 1. The Morgan fingerprint density at radius 2 is 2.14 bits per heavy atom. The maximum Gasteiger partial charge on any atom is 0.256 e. The van der Waals surface area contributed by atoms with E-state index in [9.17, 15) is 4.79 Å². The highest BCUT2D eigenvalue weighted by Crippen LogP contribution is 2.22. The van der Waals surface area contributed by atoms with Crippen LogP contribution in [0.4, 0.5) is 5.69 Å². The van der Waals surface area contributed by atoms with Crippen LogP contribution in [-0.2, 0) is 4.74 Å². The number of para-hydroxylation sites is 1. The number of anilines is 1. The van der Waals surface area contributed by atoms with Crippen LogP contribution in [0.2, 0.25) is 0 Å². The van der Waals surface area contributed by atoms with Crippen molar-refractivity contribution in [3.8, 4) is 0 Å². The maximum atomic E-state index is 12.9. The van der Waals surface area contributed by atoms with Gasteiger partial charge in [-0.25, -0.2) is 0 Å². The average molecular weight is 290 g/mol. The van der Waals surface area contributed by atoms with Gasteiger partial charge >= 0.3 is 0 Å². The van der Waals surface area contributed by atoms with Gasteiger partial charge in [0.1, 0.15) is 0 Å². The lowest BCUT2D eigenvalue weighted by Gasteiger charge is -2.38. The molecule has 2 rings (SSSR count). The number of carbonyl (C=O) groups is 1. The Balaban J connectivity index is 2.21. The van der Waals surface area contributed by atoms with Crippen LogP contribution in [0.3, 0.4) is 0 Å². The van der Waals surface area contributed by atoms with E-state index in [4.69, 9.17) is 4.74 Å². The summed E-state index contributed by atoms with van der Waals surface area (Å²) in [6, 6.07) is 7.96. The molecule has 1 N–H and O–H groups in total. The van der Waals surface area contributed by atoms with Gasteiger partial charge in [-0.05, 0) is 31.9 Å². The van der Waals surface area contributed by atoms with Gasteiger partial charge < -0.3 is 15.0 Å². The van der Waals surface area contributed by atoms with Gasteiger partial charge in [0.05, 0.1) is 24.3 Å². The van der Waals surface area contributed by atoms with Crippen LogP contribution >= 0.6 is 0 Å². The van der Waals surface area contributed by atoms with Gasteiger partial charge in [0.2, 0.25) is 0 Å². The van der Waals surface area contributed by atoms with Crippen LogP contribution in [0.1, 0.15) is 44.0 Å². The molecule has 1 aromatic carbocycles. The Bertz CT molecular complexity index is 476. The second-order valence-electron chi connectivity index (χ2n) is 5.64. The van der Waals surface area contributed by atoms with E-state index in [0.717, 1.165) is 30.6 Å². The average Bonchev–Trinajstić information content (AvgIpc) is 2.52. The van der Waals surface area contributed by atoms with E-state index < -0.39 is 0 Å². The topological polar surface area (TPSA) is 41.6 Å². The molecule has 1 aliphatic rings. The van der Waals surface area contributed by atoms with Crippen molar-refractivity contribution < 1.29 is 9.53 Å². The van der Waals surface area contributed by atoms with E-state index in [1.54, 1.807) is 0 Å². The third-order valence-corrected chi connectivity index (χ3v) is 3.92. The van der Waals surface area contributed by atoms with Crippen LogP contribution in [-0.4, -0.2) is 42.6 Å². The monoisotopic (exact) mass is 290 g/mol. The number of nitrogens with one attached hydrogen (secondary N) is 1. The number of carbonyl (C=O) groups excluding carboxylic acids is 1. The Hall–Kier alpha value is -1.55. The number of morpholine rings is 1. The molecule has 4 nitrogen and oxygen atoms in total. The van der Waals surface area contributed by atoms with Gasteiger partial charge in [0, 0.05) is 18.8 Å². The van der Waals surface area contributed by atoms with E-state index in [1.165, 1.54) is 0 Å². The smallest absolute Gasteiger partial charge is 0.256 e. The summed E-state index contributed by atoms with van der Waals surface area (Å²) >= 11 is 0. The highest BCUT2D eigenvalue weighted by Gasteiger charge is 2.30. The predicted molar refractivity (Wildman–Crippen MR) is 85.8 cm³/mol.